The second kappa shape index (κ2) is 12.8. The number of carbonyl (C=O) groups is 1. The molecule has 0 saturated carbocycles. The average molecular weight is 664 g/mol. The van der Waals surface area contributed by atoms with Crippen molar-refractivity contribution in [1.82, 2.24) is 39.1 Å². The van der Waals surface area contributed by atoms with Crippen molar-refractivity contribution < 1.29 is 23.4 Å². The van der Waals surface area contributed by atoms with E-state index in [1.807, 2.05) is 56.1 Å². The van der Waals surface area contributed by atoms with Crippen molar-refractivity contribution in [3.8, 4) is 22.5 Å². The van der Waals surface area contributed by atoms with Crippen LogP contribution in [-0.4, -0.2) is 102 Å². The van der Waals surface area contributed by atoms with Crippen molar-refractivity contribution in [2.45, 2.75) is 97.3 Å². The molecule has 3 fully saturated rings. The summed E-state index contributed by atoms with van der Waals surface area (Å²) in [6, 6.07) is 3.65. The van der Waals surface area contributed by atoms with E-state index in [0.29, 0.717) is 45.0 Å². The summed E-state index contributed by atoms with van der Waals surface area (Å²) >= 11 is 0. The number of aryl methyl sites for hydroxylation is 1. The third-order valence-electron chi connectivity index (χ3n) is 9.55. The molecular formula is C34H46FN9O4. The van der Waals surface area contributed by atoms with Crippen LogP contribution in [-0.2, 0) is 14.2 Å². The molecule has 7 rings (SSSR count). The molecule has 4 aromatic rings. The van der Waals surface area contributed by atoms with Crippen molar-refractivity contribution >= 4 is 17.6 Å². The SMILES string of the molecule is Cc1nn(C2CCN(C(=O)OC(C)(C)C)C[C@@H]2F)c(C)c1-c1cc(N2CCOC[C@H]2C)nc2c(-c3ccnn3C3CCCCO3)cnn12. The minimum absolute atomic E-state index is 0.0489. The molecule has 0 radical (unpaired) electrons. The lowest BCUT2D eigenvalue weighted by Crippen LogP contribution is -2.47. The lowest BCUT2D eigenvalue weighted by Gasteiger charge is -2.36. The van der Waals surface area contributed by atoms with Crippen LogP contribution in [0.4, 0.5) is 15.0 Å². The fraction of sp³-hybridized carbons (Fsp3) is 0.618. The van der Waals surface area contributed by atoms with E-state index in [-0.39, 0.29) is 18.8 Å². The first kappa shape index (κ1) is 32.5. The number of aromatic nitrogens is 7. The van der Waals surface area contributed by atoms with Crippen LogP contribution in [0.15, 0.2) is 24.5 Å². The monoisotopic (exact) mass is 663 g/mol. The number of piperidine rings is 1. The Morgan fingerprint density at radius 1 is 1.06 bits per heavy atom. The lowest BCUT2D eigenvalue weighted by atomic mass is 10.0. The molecule has 0 N–H and O–H groups in total. The van der Waals surface area contributed by atoms with Crippen molar-refractivity contribution in [2.75, 3.05) is 44.4 Å². The molecule has 3 aliphatic heterocycles. The summed E-state index contributed by atoms with van der Waals surface area (Å²) < 4.78 is 38.9. The number of morpholine rings is 1. The Hall–Kier alpha value is -4.04. The topological polar surface area (TPSA) is 117 Å². The molecule has 3 saturated heterocycles. The average Bonchev–Trinajstić information content (AvgIpc) is 3.77. The maximum atomic E-state index is 15.9. The largest absolute Gasteiger partial charge is 0.444 e. The van der Waals surface area contributed by atoms with E-state index >= 15 is 4.39 Å². The number of amides is 1. The molecule has 13 nitrogen and oxygen atoms in total. The Morgan fingerprint density at radius 2 is 1.90 bits per heavy atom. The van der Waals surface area contributed by atoms with E-state index in [0.717, 1.165) is 59.0 Å². The van der Waals surface area contributed by atoms with E-state index < -0.39 is 23.9 Å². The number of alkyl halides is 1. The Balaban J connectivity index is 1.29. The molecule has 0 bridgehead atoms. The van der Waals surface area contributed by atoms with Gasteiger partial charge in [0.15, 0.2) is 11.9 Å². The van der Waals surface area contributed by atoms with Gasteiger partial charge >= 0.3 is 6.09 Å². The summed E-state index contributed by atoms with van der Waals surface area (Å²) in [5.74, 6) is 0.815. The number of carbonyl (C=O) groups excluding carboxylic acids is 1. The first-order chi connectivity index (χ1) is 23.0. The maximum Gasteiger partial charge on any atom is 0.410 e. The minimum atomic E-state index is -1.31. The van der Waals surface area contributed by atoms with Crippen LogP contribution >= 0.6 is 0 Å². The van der Waals surface area contributed by atoms with E-state index in [1.165, 1.54) is 4.90 Å². The number of ether oxygens (including phenoxy) is 3. The standard InChI is InChI=1S/C34H46FN9O4/c1-21-20-46-16-14-41(21)29-17-28(44-32(38-29)24(18-37-44)26-10-12-36-43(26)30-9-7-8-15-47-30)31-22(2)39-42(23(31)3)27-11-13-40(19-25(27)35)33(45)48-34(4,5)6/h10,12,17-18,21,25,27,30H,7-9,11,13-16,19-20H2,1-6H3/t21-,25+,27?,30?/m1/s1. The lowest BCUT2D eigenvalue weighted by molar-refractivity contribution is -0.0383. The van der Waals surface area contributed by atoms with Crippen LogP contribution in [0.3, 0.4) is 0 Å². The van der Waals surface area contributed by atoms with Gasteiger partial charge in [0.25, 0.3) is 0 Å². The molecule has 0 spiro atoms. The molecule has 4 aromatic heterocycles. The number of halogens is 1. The molecule has 3 aliphatic rings. The zero-order valence-electron chi connectivity index (χ0n) is 28.7. The van der Waals surface area contributed by atoms with Gasteiger partial charge in [-0.15, -0.1) is 0 Å². The first-order valence-corrected chi connectivity index (χ1v) is 17.1. The van der Waals surface area contributed by atoms with Gasteiger partial charge in [0.2, 0.25) is 0 Å². The molecule has 0 aliphatic carbocycles. The number of rotatable bonds is 5. The summed E-state index contributed by atoms with van der Waals surface area (Å²) in [7, 11) is 0. The van der Waals surface area contributed by atoms with E-state index in [9.17, 15) is 4.79 Å². The quantitative estimate of drug-likeness (QED) is 0.272. The molecule has 14 heteroatoms. The van der Waals surface area contributed by atoms with Crippen LogP contribution < -0.4 is 4.90 Å². The summed E-state index contributed by atoms with van der Waals surface area (Å²) in [6.45, 7) is 14.5. The molecular weight excluding hydrogens is 617 g/mol. The van der Waals surface area contributed by atoms with Crippen LogP contribution in [0.25, 0.3) is 28.2 Å². The molecule has 1 amide bonds. The predicted molar refractivity (Wildman–Crippen MR) is 178 cm³/mol. The van der Waals surface area contributed by atoms with Gasteiger partial charge in [0.05, 0.1) is 60.7 Å². The normalized spacial score (nSPS) is 24.0. The Labute approximate surface area is 279 Å². The van der Waals surface area contributed by atoms with Gasteiger partial charge in [-0.25, -0.2) is 23.4 Å². The highest BCUT2D eigenvalue weighted by Gasteiger charge is 2.37. The van der Waals surface area contributed by atoms with Crippen molar-refractivity contribution in [1.29, 1.82) is 0 Å². The highest BCUT2D eigenvalue weighted by molar-refractivity contribution is 5.80. The Morgan fingerprint density at radius 3 is 2.62 bits per heavy atom. The summed E-state index contributed by atoms with van der Waals surface area (Å²) in [6.07, 6.45) is 5.15. The zero-order valence-corrected chi connectivity index (χ0v) is 28.7. The molecule has 258 valence electrons. The van der Waals surface area contributed by atoms with Crippen molar-refractivity contribution in [2.24, 2.45) is 0 Å². The number of fused-ring (bicyclic) bond motifs is 1. The van der Waals surface area contributed by atoms with Gasteiger partial charge in [0, 0.05) is 43.2 Å². The second-order valence-corrected chi connectivity index (χ2v) is 14.2. The van der Waals surface area contributed by atoms with Crippen LogP contribution in [0.5, 0.6) is 0 Å². The number of anilines is 1. The van der Waals surface area contributed by atoms with Gasteiger partial charge in [-0.1, -0.05) is 0 Å². The number of hydrogen-bond donors (Lipinski definition) is 0. The van der Waals surface area contributed by atoms with Gasteiger partial charge in [0.1, 0.15) is 17.6 Å². The second-order valence-electron chi connectivity index (χ2n) is 14.2. The predicted octanol–water partition coefficient (Wildman–Crippen LogP) is 5.52. The van der Waals surface area contributed by atoms with E-state index in [2.05, 4.69) is 23.0 Å². The van der Waals surface area contributed by atoms with E-state index in [1.54, 1.807) is 10.9 Å². The van der Waals surface area contributed by atoms with Crippen molar-refractivity contribution in [3.63, 3.8) is 0 Å². The number of hydrogen-bond acceptors (Lipinski definition) is 9. The highest BCUT2D eigenvalue weighted by atomic mass is 19.1. The van der Waals surface area contributed by atoms with Gasteiger partial charge in [-0.3, -0.25) is 4.68 Å². The smallest absolute Gasteiger partial charge is 0.410 e. The third kappa shape index (κ3) is 6.04. The molecule has 48 heavy (non-hydrogen) atoms. The molecule has 4 atom stereocenters. The van der Waals surface area contributed by atoms with Gasteiger partial charge in [-0.05, 0) is 73.3 Å². The summed E-state index contributed by atoms with van der Waals surface area (Å²) in [5.41, 5.74) is 5.09. The van der Waals surface area contributed by atoms with Crippen LogP contribution in [0.1, 0.15) is 77.0 Å². The van der Waals surface area contributed by atoms with Gasteiger partial charge < -0.3 is 24.0 Å². The van der Waals surface area contributed by atoms with Gasteiger partial charge in [-0.2, -0.15) is 15.3 Å². The number of nitrogens with zero attached hydrogens (tertiary/aromatic N) is 9. The summed E-state index contributed by atoms with van der Waals surface area (Å²) in [4.78, 5) is 21.6. The van der Waals surface area contributed by atoms with Crippen LogP contribution in [0.2, 0.25) is 0 Å². The number of likely N-dealkylation sites (tertiary alicyclic amines) is 1. The Bertz CT molecular complexity index is 1790. The Kier molecular flexibility index (Phi) is 8.65. The first-order valence-electron chi connectivity index (χ1n) is 17.1. The molecule has 0 aromatic carbocycles. The molecule has 2 unspecified atom stereocenters. The summed E-state index contributed by atoms with van der Waals surface area (Å²) in [5, 5.41) is 14.4. The highest BCUT2D eigenvalue weighted by Crippen LogP contribution is 2.37. The molecule has 7 heterocycles. The maximum absolute atomic E-state index is 15.9. The fourth-order valence-corrected chi connectivity index (χ4v) is 7.21. The van der Waals surface area contributed by atoms with E-state index in [4.69, 9.17) is 29.4 Å². The fourth-order valence-electron chi connectivity index (χ4n) is 7.21. The van der Waals surface area contributed by atoms with Crippen LogP contribution in [0, 0.1) is 13.8 Å². The zero-order chi connectivity index (χ0) is 33.7. The third-order valence-corrected chi connectivity index (χ3v) is 9.55. The van der Waals surface area contributed by atoms with Crippen molar-refractivity contribution in [3.05, 3.63) is 35.9 Å². The minimum Gasteiger partial charge on any atom is -0.444 e.